The van der Waals surface area contributed by atoms with Crippen molar-refractivity contribution in [3.63, 3.8) is 0 Å². The monoisotopic (exact) mass is 209 g/mol. The van der Waals surface area contributed by atoms with Crippen molar-refractivity contribution < 1.29 is 49.6 Å². The van der Waals surface area contributed by atoms with E-state index < -0.39 is 0 Å². The Morgan fingerprint density at radius 3 is 0.375 bits per heavy atom. The summed E-state index contributed by atoms with van der Waals surface area (Å²) in [4.78, 5) is 0. The summed E-state index contributed by atoms with van der Waals surface area (Å²) in [6.07, 6.45) is 0. The van der Waals surface area contributed by atoms with Crippen LogP contribution in [0.15, 0.2) is 0 Å². The lowest BCUT2D eigenvalue weighted by Gasteiger charge is -1.00. The minimum Gasteiger partial charge on any atom is -1.00 e. The Hall–Kier alpha value is 1.00. The van der Waals surface area contributed by atoms with Crippen LogP contribution in [0.25, 0.3) is 0 Å². The molecule has 0 heterocycles. The van der Waals surface area contributed by atoms with Gasteiger partial charge in [0, 0.05) is 0 Å². The van der Waals surface area contributed by atoms with Gasteiger partial charge in [0.1, 0.15) is 0 Å². The molecule has 0 aromatic rings. The maximum atomic E-state index is 0. The third kappa shape index (κ3) is 252. The highest BCUT2D eigenvalue weighted by Crippen LogP contribution is -0.478. The zero-order valence-corrected chi connectivity index (χ0v) is 7.66. The zero-order valence-electron chi connectivity index (χ0n) is 4.63. The minimum absolute atomic E-state index is 0. The first-order chi connectivity index (χ1) is 0. The van der Waals surface area contributed by atoms with Crippen LogP contribution in [0.2, 0.25) is 0 Å². The van der Waals surface area contributed by atoms with E-state index in [0.717, 1.165) is 0 Å². The van der Waals surface area contributed by atoms with Crippen LogP contribution in [0.5, 0.6) is 0 Å². The fraction of sp³-hybridized carbons (Fsp3) is 0. The molecule has 0 aromatic heterocycles. The van der Waals surface area contributed by atoms with E-state index in [1.54, 1.807) is 0 Å². The standard InChI is InChI=1S/4ClH.4H3N/h4*1H;4*1H3/p-3. The molecule has 0 atom stereocenters. The van der Waals surface area contributed by atoms with E-state index in [4.69, 9.17) is 0 Å². The molecule has 0 fully saturated rings. The Bertz CT molecular complexity index is 8.00. The quantitative estimate of drug-likeness (QED) is 0.316. The number of halogens is 4. The van der Waals surface area contributed by atoms with Gasteiger partial charge in [0.2, 0.25) is 0 Å². The van der Waals surface area contributed by atoms with Crippen molar-refractivity contribution in [1.29, 1.82) is 0 Å². The summed E-state index contributed by atoms with van der Waals surface area (Å²) in [5, 5.41) is 0. The fourth-order valence-electron chi connectivity index (χ4n) is 0. The normalized spacial score (nSPS) is 0. The predicted molar refractivity (Wildman–Crippen MR) is 21.1 cm³/mol. The average Bonchev–Trinajstić information content (AvgIpc) is 0. The summed E-state index contributed by atoms with van der Waals surface area (Å²) < 4.78 is 0. The molecule has 0 radical (unpaired) electrons. The van der Waals surface area contributed by atoms with E-state index in [1.807, 2.05) is 0 Å². The van der Waals surface area contributed by atoms with Gasteiger partial charge in [-0.15, -0.1) is 0 Å². The maximum absolute atomic E-state index is 0. The van der Waals surface area contributed by atoms with Gasteiger partial charge in [-0.05, 0) is 0 Å². The van der Waals surface area contributed by atoms with E-state index in [0.29, 0.717) is 0 Å². The first kappa shape index (κ1) is 576. The number of rotatable bonds is 0. The van der Waals surface area contributed by atoms with Crippen LogP contribution in [0.4, 0.5) is 0 Å². The molecular formula is H13Cl4N4-3. The molecule has 0 aliphatic rings. The van der Waals surface area contributed by atoms with Crippen molar-refractivity contribution in [1.82, 2.24) is 24.6 Å². The smallest absolute Gasteiger partial charge is 0.344 e. The molecule has 0 spiro atoms. The molecular weight excluding hydrogens is 198 g/mol. The zero-order chi connectivity index (χ0) is 0. The van der Waals surface area contributed by atoms with Crippen molar-refractivity contribution >= 4 is 0 Å². The molecule has 8 heavy (non-hydrogen) atoms. The lowest BCUT2D eigenvalue weighted by Crippen LogP contribution is -3.00. The summed E-state index contributed by atoms with van der Waals surface area (Å²) in [5.74, 6) is 0. The van der Waals surface area contributed by atoms with Crippen LogP contribution in [-0.2, 0) is 0 Å². The van der Waals surface area contributed by atoms with Gasteiger partial charge in [0.15, 0.2) is 0 Å². The molecule has 0 amide bonds. The molecule has 8 heteroatoms. The first-order valence-electron chi connectivity index (χ1n) is 0. The van der Waals surface area contributed by atoms with Crippen LogP contribution < -0.4 is 74.2 Å². The average molecular weight is 211 g/mol. The highest BCUT2D eigenvalue weighted by Gasteiger charge is -0.342. The van der Waals surface area contributed by atoms with Gasteiger partial charge in [0.25, 0.3) is 0 Å². The molecule has 0 aromatic carbocycles. The Kier molecular flexibility index (Phi) is 28200. The van der Waals surface area contributed by atoms with Crippen molar-refractivity contribution in [3.8, 4) is 0 Å². The number of hydrogen-bond donors (Lipinski definition) is 4. The molecule has 0 bridgehead atoms. The van der Waals surface area contributed by atoms with Crippen LogP contribution in [0.1, 0.15) is 0 Å². The van der Waals surface area contributed by atoms with Gasteiger partial charge in [-0.3, -0.25) is 0 Å². The highest BCUT2D eigenvalue weighted by molar-refractivity contribution is 2.14. The van der Waals surface area contributed by atoms with Gasteiger partial charge in [-0.2, -0.15) is 0 Å². The molecule has 0 rings (SSSR count). The van der Waals surface area contributed by atoms with Gasteiger partial charge >= 0.3 is 0 Å². The summed E-state index contributed by atoms with van der Waals surface area (Å²) in [7, 11) is 0. The SMILES string of the molecule is N.N.N.[Cl-].[Cl-].[Cl-].[Cl-].[NH4+]. The molecule has 0 aliphatic carbocycles. The summed E-state index contributed by atoms with van der Waals surface area (Å²) in [5.41, 5.74) is 0. The van der Waals surface area contributed by atoms with Gasteiger partial charge in [-0.1, -0.05) is 0 Å². The molecule has 0 saturated carbocycles. The molecule has 0 saturated heterocycles. The van der Waals surface area contributed by atoms with E-state index in [2.05, 4.69) is 0 Å². The summed E-state index contributed by atoms with van der Waals surface area (Å²) in [6, 6.07) is 0. The van der Waals surface area contributed by atoms with Gasteiger partial charge < -0.3 is 74.2 Å². The van der Waals surface area contributed by atoms with Gasteiger partial charge in [0.05, 0.1) is 0 Å². The minimum atomic E-state index is 0. The Morgan fingerprint density at radius 1 is 0.375 bits per heavy atom. The van der Waals surface area contributed by atoms with Crippen LogP contribution in [0.3, 0.4) is 0 Å². The molecule has 4 nitrogen and oxygen atoms in total. The second kappa shape index (κ2) is 392. The first-order valence-corrected chi connectivity index (χ1v) is 0. The predicted octanol–water partition coefficient (Wildman–Crippen LogP) is -11.1. The fourth-order valence-corrected chi connectivity index (χ4v) is 0. The molecule has 13 N–H and O–H groups in total. The van der Waals surface area contributed by atoms with E-state index in [-0.39, 0.29) is 74.2 Å². The van der Waals surface area contributed by atoms with Crippen molar-refractivity contribution in [2.45, 2.75) is 0 Å². The largest absolute Gasteiger partial charge is 1.00 e. The Labute approximate surface area is 74.5 Å². The van der Waals surface area contributed by atoms with E-state index in [9.17, 15) is 0 Å². The van der Waals surface area contributed by atoms with Crippen LogP contribution >= 0.6 is 0 Å². The number of hydrogen-bond acceptors (Lipinski definition) is 3. The topological polar surface area (TPSA) is 142 Å². The molecule has 0 aliphatic heterocycles. The second-order valence-corrected chi connectivity index (χ2v) is 0. The maximum Gasteiger partial charge on any atom is -0.344 e. The van der Waals surface area contributed by atoms with Crippen molar-refractivity contribution in [2.75, 3.05) is 0 Å². The lowest BCUT2D eigenvalue weighted by molar-refractivity contribution is -0.00100. The summed E-state index contributed by atoms with van der Waals surface area (Å²) in [6.45, 7) is 0. The second-order valence-electron chi connectivity index (χ2n) is 0. The third-order valence-corrected chi connectivity index (χ3v) is 0. The van der Waals surface area contributed by atoms with Crippen LogP contribution in [0, 0.1) is 0 Å². The Morgan fingerprint density at radius 2 is 0.375 bits per heavy atom. The van der Waals surface area contributed by atoms with Crippen LogP contribution in [-0.4, -0.2) is 0 Å². The molecule has 0 unspecified atom stereocenters. The van der Waals surface area contributed by atoms with Crippen molar-refractivity contribution in [3.05, 3.63) is 0 Å². The summed E-state index contributed by atoms with van der Waals surface area (Å²) >= 11 is 0. The lowest BCUT2D eigenvalue weighted by atomic mass is 14.0. The van der Waals surface area contributed by atoms with Crippen molar-refractivity contribution in [2.24, 2.45) is 0 Å². The third-order valence-electron chi connectivity index (χ3n) is 0. The highest BCUT2D eigenvalue weighted by atomic mass is 35.5. The molecule has 64 valence electrons. The van der Waals surface area contributed by atoms with Gasteiger partial charge in [-0.25, -0.2) is 0 Å². The Balaban J connectivity index is 0. The number of quaternary nitrogens is 1. The van der Waals surface area contributed by atoms with E-state index in [1.165, 1.54) is 0 Å². The van der Waals surface area contributed by atoms with E-state index >= 15 is 0 Å².